The SMILES string of the molecule is O=C(O)Cc1nnc(-c2cnc(NCCOc3ccccc3)s2)o1. The molecule has 0 bridgehead atoms. The zero-order chi connectivity index (χ0) is 16.8. The molecule has 0 fully saturated rings. The molecule has 0 amide bonds. The zero-order valence-corrected chi connectivity index (χ0v) is 13.3. The standard InChI is InChI=1S/C15H14N4O4S/c20-13(21)8-12-18-19-14(23-12)11-9-17-15(24-11)16-6-7-22-10-4-2-1-3-5-10/h1-5,9H,6-8H2,(H,16,17)(H,20,21). The molecule has 124 valence electrons. The van der Waals surface area contributed by atoms with Crippen LogP contribution in [0, 0.1) is 0 Å². The Labute approximate surface area is 141 Å². The van der Waals surface area contributed by atoms with Gasteiger partial charge in [0.05, 0.1) is 12.7 Å². The minimum Gasteiger partial charge on any atom is -0.492 e. The summed E-state index contributed by atoms with van der Waals surface area (Å²) in [7, 11) is 0. The van der Waals surface area contributed by atoms with Crippen LogP contribution in [-0.2, 0) is 11.2 Å². The molecule has 0 aliphatic rings. The molecule has 0 spiro atoms. The second-order valence-electron chi connectivity index (χ2n) is 4.69. The van der Waals surface area contributed by atoms with Crippen LogP contribution in [0.4, 0.5) is 5.13 Å². The third-order valence-corrected chi connectivity index (χ3v) is 3.82. The van der Waals surface area contributed by atoms with Gasteiger partial charge in [0, 0.05) is 0 Å². The van der Waals surface area contributed by atoms with E-state index in [0.29, 0.717) is 23.2 Å². The Bertz CT molecular complexity index is 803. The minimum absolute atomic E-state index is 0.0664. The first kappa shape index (κ1) is 15.9. The van der Waals surface area contributed by atoms with E-state index in [9.17, 15) is 4.79 Å². The summed E-state index contributed by atoms with van der Waals surface area (Å²) in [6, 6.07) is 9.55. The van der Waals surface area contributed by atoms with E-state index in [1.54, 1.807) is 6.20 Å². The molecule has 9 heteroatoms. The van der Waals surface area contributed by atoms with E-state index in [1.165, 1.54) is 11.3 Å². The second-order valence-corrected chi connectivity index (χ2v) is 5.72. The van der Waals surface area contributed by atoms with Crippen LogP contribution in [0.15, 0.2) is 40.9 Å². The van der Waals surface area contributed by atoms with Crippen LogP contribution >= 0.6 is 11.3 Å². The highest BCUT2D eigenvalue weighted by Gasteiger charge is 2.14. The van der Waals surface area contributed by atoms with Crippen molar-refractivity contribution in [3.8, 4) is 16.5 Å². The highest BCUT2D eigenvalue weighted by Crippen LogP contribution is 2.27. The first-order valence-electron chi connectivity index (χ1n) is 7.13. The average Bonchev–Trinajstić information content (AvgIpc) is 3.21. The van der Waals surface area contributed by atoms with Crippen LogP contribution in [0.3, 0.4) is 0 Å². The molecule has 3 aromatic rings. The van der Waals surface area contributed by atoms with Crippen LogP contribution in [0.2, 0.25) is 0 Å². The number of hydrogen-bond donors (Lipinski definition) is 2. The number of rotatable bonds is 8. The van der Waals surface area contributed by atoms with Crippen LogP contribution in [0.25, 0.3) is 10.8 Å². The molecular formula is C15H14N4O4S. The molecule has 0 radical (unpaired) electrons. The fourth-order valence-corrected chi connectivity index (χ4v) is 2.62. The van der Waals surface area contributed by atoms with Crippen LogP contribution in [0.1, 0.15) is 5.89 Å². The lowest BCUT2D eigenvalue weighted by Crippen LogP contribution is -2.11. The van der Waals surface area contributed by atoms with E-state index < -0.39 is 5.97 Å². The number of thiazole rings is 1. The zero-order valence-electron chi connectivity index (χ0n) is 12.5. The fourth-order valence-electron chi connectivity index (χ4n) is 1.85. The highest BCUT2D eigenvalue weighted by atomic mass is 32.1. The van der Waals surface area contributed by atoms with Crippen LogP contribution in [-0.4, -0.2) is 39.4 Å². The Morgan fingerprint density at radius 3 is 2.92 bits per heavy atom. The van der Waals surface area contributed by atoms with Gasteiger partial charge in [0.15, 0.2) is 5.13 Å². The molecular weight excluding hydrogens is 332 g/mol. The molecule has 0 aliphatic heterocycles. The number of benzene rings is 1. The maximum Gasteiger partial charge on any atom is 0.312 e. The highest BCUT2D eigenvalue weighted by molar-refractivity contribution is 7.18. The Balaban J connectivity index is 1.50. The van der Waals surface area contributed by atoms with Gasteiger partial charge in [-0.3, -0.25) is 4.79 Å². The number of nitrogens with one attached hydrogen (secondary N) is 1. The third kappa shape index (κ3) is 4.29. The van der Waals surface area contributed by atoms with Crippen LogP contribution in [0.5, 0.6) is 5.75 Å². The summed E-state index contributed by atoms with van der Waals surface area (Å²) >= 11 is 1.34. The van der Waals surface area contributed by atoms with Crippen molar-refractivity contribution in [2.45, 2.75) is 6.42 Å². The third-order valence-electron chi connectivity index (χ3n) is 2.88. The molecule has 2 aromatic heterocycles. The van der Waals surface area contributed by atoms with E-state index in [0.717, 1.165) is 5.75 Å². The molecule has 0 saturated heterocycles. The predicted octanol–water partition coefficient (Wildman–Crippen LogP) is 2.31. The molecule has 2 N–H and O–H groups in total. The average molecular weight is 346 g/mol. The summed E-state index contributed by atoms with van der Waals surface area (Å²) in [5.41, 5.74) is 0. The number of para-hydroxylation sites is 1. The summed E-state index contributed by atoms with van der Waals surface area (Å²) in [5.74, 6) is 0.125. The minimum atomic E-state index is -1.02. The molecule has 24 heavy (non-hydrogen) atoms. The smallest absolute Gasteiger partial charge is 0.312 e. The molecule has 0 aliphatic carbocycles. The number of ether oxygens (including phenoxy) is 1. The maximum absolute atomic E-state index is 10.6. The Kier molecular flexibility index (Phi) is 5.02. The van der Waals surface area contributed by atoms with Gasteiger partial charge in [-0.1, -0.05) is 29.5 Å². The molecule has 8 nitrogen and oxygen atoms in total. The lowest BCUT2D eigenvalue weighted by molar-refractivity contribution is -0.136. The summed E-state index contributed by atoms with van der Waals surface area (Å²) in [6.07, 6.45) is 1.30. The monoisotopic (exact) mass is 346 g/mol. The van der Waals surface area contributed by atoms with E-state index in [1.807, 2.05) is 30.3 Å². The van der Waals surface area contributed by atoms with Gasteiger partial charge >= 0.3 is 5.97 Å². The van der Waals surface area contributed by atoms with E-state index in [2.05, 4.69) is 20.5 Å². The van der Waals surface area contributed by atoms with Gasteiger partial charge in [0.1, 0.15) is 23.7 Å². The summed E-state index contributed by atoms with van der Waals surface area (Å²) < 4.78 is 10.9. The van der Waals surface area contributed by atoms with Gasteiger partial charge < -0.3 is 19.6 Å². The van der Waals surface area contributed by atoms with E-state index in [4.69, 9.17) is 14.3 Å². The molecule has 0 unspecified atom stereocenters. The van der Waals surface area contributed by atoms with Crippen molar-refractivity contribution in [2.24, 2.45) is 0 Å². The molecule has 0 saturated carbocycles. The number of carboxylic acids is 1. The van der Waals surface area contributed by atoms with Gasteiger partial charge in [-0.15, -0.1) is 10.2 Å². The Morgan fingerprint density at radius 1 is 1.29 bits per heavy atom. The van der Waals surface area contributed by atoms with Crippen molar-refractivity contribution in [2.75, 3.05) is 18.5 Å². The first-order valence-corrected chi connectivity index (χ1v) is 7.94. The molecule has 1 aromatic carbocycles. The predicted molar refractivity (Wildman–Crippen MR) is 87.2 cm³/mol. The van der Waals surface area contributed by atoms with Crippen molar-refractivity contribution < 1.29 is 19.1 Å². The van der Waals surface area contributed by atoms with Crippen molar-refractivity contribution in [1.29, 1.82) is 0 Å². The van der Waals surface area contributed by atoms with Crippen molar-refractivity contribution in [3.05, 3.63) is 42.4 Å². The van der Waals surface area contributed by atoms with Crippen molar-refractivity contribution >= 4 is 22.4 Å². The van der Waals surface area contributed by atoms with Gasteiger partial charge in [0.2, 0.25) is 5.89 Å². The molecule has 3 rings (SSSR count). The lowest BCUT2D eigenvalue weighted by Gasteiger charge is -2.05. The Morgan fingerprint density at radius 2 is 2.12 bits per heavy atom. The first-order chi connectivity index (χ1) is 11.7. The van der Waals surface area contributed by atoms with Crippen molar-refractivity contribution in [3.63, 3.8) is 0 Å². The maximum atomic E-state index is 10.6. The van der Waals surface area contributed by atoms with Gasteiger partial charge in [-0.2, -0.15) is 0 Å². The summed E-state index contributed by atoms with van der Waals surface area (Å²) in [5, 5.41) is 20.0. The number of carbonyl (C=O) groups is 1. The quantitative estimate of drug-likeness (QED) is 0.598. The topological polar surface area (TPSA) is 110 Å². The fraction of sp³-hybridized carbons (Fsp3) is 0.200. The lowest BCUT2D eigenvalue weighted by atomic mass is 10.3. The second kappa shape index (κ2) is 7.55. The van der Waals surface area contributed by atoms with Gasteiger partial charge in [-0.05, 0) is 12.1 Å². The normalized spacial score (nSPS) is 10.5. The van der Waals surface area contributed by atoms with E-state index in [-0.39, 0.29) is 18.2 Å². The number of carboxylic acid groups (broad SMARTS) is 1. The largest absolute Gasteiger partial charge is 0.492 e. The number of nitrogens with zero attached hydrogens (tertiary/aromatic N) is 3. The number of hydrogen-bond acceptors (Lipinski definition) is 8. The number of aromatic nitrogens is 3. The molecule has 2 heterocycles. The van der Waals surface area contributed by atoms with Gasteiger partial charge in [-0.25, -0.2) is 4.98 Å². The molecule has 0 atom stereocenters. The number of aliphatic carboxylic acids is 1. The Hall–Kier alpha value is -2.94. The van der Waals surface area contributed by atoms with Gasteiger partial charge in [0.25, 0.3) is 5.89 Å². The number of anilines is 1. The van der Waals surface area contributed by atoms with Crippen molar-refractivity contribution in [1.82, 2.24) is 15.2 Å². The van der Waals surface area contributed by atoms with Crippen LogP contribution < -0.4 is 10.1 Å². The van der Waals surface area contributed by atoms with E-state index >= 15 is 0 Å². The summed E-state index contributed by atoms with van der Waals surface area (Å²) in [6.45, 7) is 1.10. The summed E-state index contributed by atoms with van der Waals surface area (Å²) in [4.78, 5) is 15.5.